The average Bonchev–Trinajstić information content (AvgIpc) is 3.34. The van der Waals surface area contributed by atoms with Crippen LogP contribution in [0.2, 0.25) is 0 Å². The minimum absolute atomic E-state index is 0.0476. The van der Waals surface area contributed by atoms with E-state index in [0.717, 1.165) is 31.0 Å². The van der Waals surface area contributed by atoms with Crippen LogP contribution >= 0.6 is 0 Å². The smallest absolute Gasteiger partial charge is 0.421 e. The van der Waals surface area contributed by atoms with Gasteiger partial charge < -0.3 is 15.5 Å². The highest BCUT2D eigenvalue weighted by Gasteiger charge is 2.24. The van der Waals surface area contributed by atoms with Crippen LogP contribution in [0.5, 0.6) is 11.8 Å². The molecule has 1 saturated carbocycles. The van der Waals surface area contributed by atoms with Crippen molar-refractivity contribution in [1.29, 1.82) is 0 Å². The topological polar surface area (TPSA) is 125 Å². The molecule has 1 fully saturated rings. The molecule has 0 saturated heterocycles. The van der Waals surface area contributed by atoms with Crippen LogP contribution in [0.4, 0.5) is 20.4 Å². The Labute approximate surface area is 167 Å². The molecule has 0 unspecified atom stereocenters. The average molecular weight is 412 g/mol. The van der Waals surface area contributed by atoms with Crippen LogP contribution in [-0.4, -0.2) is 40.8 Å². The van der Waals surface area contributed by atoms with Crippen molar-refractivity contribution in [3.8, 4) is 11.8 Å². The number of nitrogens with one attached hydrogen (secondary N) is 3. The van der Waals surface area contributed by atoms with Gasteiger partial charge in [0.25, 0.3) is 0 Å². The fourth-order valence-corrected chi connectivity index (χ4v) is 2.99. The van der Waals surface area contributed by atoms with Crippen molar-refractivity contribution >= 4 is 23.4 Å². The number of H-pyrrole nitrogens is 1. The maximum atomic E-state index is 14.1. The molecule has 0 bridgehead atoms. The molecule has 5 N–H and O–H groups in total. The Balaban J connectivity index is 1.68. The van der Waals surface area contributed by atoms with Crippen LogP contribution in [0.25, 0.3) is 11.7 Å². The largest absolute Gasteiger partial charge is 0.494 e. The number of hydrogen-bond donors (Lipinski definition) is 5. The second kappa shape index (κ2) is 6.79. The molecule has 1 aliphatic rings. The molecule has 0 spiro atoms. The van der Waals surface area contributed by atoms with E-state index in [1.165, 1.54) is 16.8 Å². The molecule has 1 aliphatic carbocycles. The highest BCUT2D eigenvalue weighted by atomic mass is 19.1. The second-order valence-corrected chi connectivity index (χ2v) is 6.98. The van der Waals surface area contributed by atoms with E-state index in [4.69, 9.17) is 0 Å². The summed E-state index contributed by atoms with van der Waals surface area (Å²) in [4.78, 5) is 14.4. The van der Waals surface area contributed by atoms with Gasteiger partial charge in [0.05, 0.1) is 23.1 Å². The molecule has 1 aromatic carbocycles. The summed E-state index contributed by atoms with van der Waals surface area (Å²) in [5.74, 6) is -1.60. The Hall–Kier alpha value is -4.02. The van der Waals surface area contributed by atoms with Gasteiger partial charge in [-0.05, 0) is 36.0 Å². The van der Waals surface area contributed by atoms with Crippen molar-refractivity contribution < 1.29 is 24.0 Å². The van der Waals surface area contributed by atoms with Gasteiger partial charge in [-0.2, -0.15) is 4.98 Å². The summed E-state index contributed by atoms with van der Waals surface area (Å²) in [6.07, 6.45) is 5.08. The molecule has 0 atom stereocenters. The first-order chi connectivity index (χ1) is 14.5. The van der Waals surface area contributed by atoms with Gasteiger partial charge in [0.2, 0.25) is 5.65 Å². The van der Waals surface area contributed by atoms with Crippen LogP contribution in [0.3, 0.4) is 0 Å². The van der Waals surface area contributed by atoms with Crippen LogP contribution in [0.15, 0.2) is 30.5 Å². The molecule has 0 aliphatic heterocycles. The summed E-state index contributed by atoms with van der Waals surface area (Å²) in [7, 11) is 0. The summed E-state index contributed by atoms with van der Waals surface area (Å²) in [5, 5.41) is 26.9. The molecule has 3 heterocycles. The summed E-state index contributed by atoms with van der Waals surface area (Å²) in [6.45, 7) is 0. The minimum Gasteiger partial charge on any atom is -0.494 e. The Bertz CT molecular complexity index is 1390. The molecule has 4 aromatic rings. The lowest BCUT2D eigenvalue weighted by Gasteiger charge is -2.03. The molecule has 0 radical (unpaired) electrons. The third-order valence-corrected chi connectivity index (χ3v) is 4.60. The van der Waals surface area contributed by atoms with Crippen molar-refractivity contribution in [3.63, 3.8) is 0 Å². The lowest BCUT2D eigenvalue weighted by atomic mass is 10.2. The maximum Gasteiger partial charge on any atom is 0.421 e. The number of aromatic nitrogens is 5. The number of fused-ring (bicyclic) bond motifs is 1. The van der Waals surface area contributed by atoms with E-state index in [9.17, 15) is 19.0 Å². The molecular formula is C19H16F2N7O2+. The number of rotatable bonds is 4. The van der Waals surface area contributed by atoms with E-state index in [1.807, 2.05) is 0 Å². The summed E-state index contributed by atoms with van der Waals surface area (Å²) in [5.41, 5.74) is 0.994. The van der Waals surface area contributed by atoms with E-state index in [2.05, 4.69) is 30.4 Å². The van der Waals surface area contributed by atoms with Gasteiger partial charge >= 0.3 is 11.6 Å². The summed E-state index contributed by atoms with van der Waals surface area (Å²) in [6, 6.07) is 4.65. The van der Waals surface area contributed by atoms with Gasteiger partial charge in [-0.15, -0.1) is 5.10 Å². The second-order valence-electron chi connectivity index (χ2n) is 6.98. The lowest BCUT2D eigenvalue weighted by Crippen LogP contribution is -2.80. The Morgan fingerprint density at radius 3 is 2.77 bits per heavy atom. The number of aromatic amines is 1. The molecular weight excluding hydrogens is 396 g/mol. The number of anilines is 2. The molecule has 0 amide bonds. The van der Waals surface area contributed by atoms with Crippen LogP contribution in [0, 0.1) is 11.6 Å². The van der Waals surface area contributed by atoms with Gasteiger partial charge in [-0.25, -0.2) is 8.78 Å². The number of halogens is 2. The molecule has 5 rings (SSSR count). The van der Waals surface area contributed by atoms with Crippen LogP contribution in [0.1, 0.15) is 18.4 Å². The van der Waals surface area contributed by atoms with Crippen LogP contribution < -0.4 is 21.1 Å². The lowest BCUT2D eigenvalue weighted by molar-refractivity contribution is -0.523. The first-order valence-corrected chi connectivity index (χ1v) is 9.16. The van der Waals surface area contributed by atoms with Gasteiger partial charge in [-0.1, -0.05) is 4.52 Å². The predicted octanol–water partition coefficient (Wildman–Crippen LogP) is -0.423. The van der Waals surface area contributed by atoms with E-state index in [0.29, 0.717) is 22.0 Å². The molecule has 3 aromatic heterocycles. The van der Waals surface area contributed by atoms with Crippen molar-refractivity contribution in [2.24, 2.45) is 0 Å². The first-order valence-electron chi connectivity index (χ1n) is 9.16. The number of nitrogens with zero attached hydrogens (tertiary/aromatic N) is 4. The summed E-state index contributed by atoms with van der Waals surface area (Å²) < 4.78 is 29.1. The van der Waals surface area contributed by atoms with Crippen molar-refractivity contribution in [2.45, 2.75) is 18.9 Å². The first kappa shape index (κ1) is 18.0. The Morgan fingerprint density at radius 1 is 1.20 bits per heavy atom. The minimum atomic E-state index is -0.649. The van der Waals surface area contributed by atoms with Gasteiger partial charge in [0.15, 0.2) is 11.8 Å². The van der Waals surface area contributed by atoms with Gasteiger partial charge in [0, 0.05) is 17.7 Å². The fourth-order valence-electron chi connectivity index (χ4n) is 2.99. The van der Waals surface area contributed by atoms with E-state index >= 15 is 0 Å². The van der Waals surface area contributed by atoms with Crippen molar-refractivity contribution in [1.82, 2.24) is 24.6 Å². The maximum absolute atomic E-state index is 14.1. The number of aromatic hydroxyl groups is 2. The van der Waals surface area contributed by atoms with Gasteiger partial charge in [0.1, 0.15) is 11.6 Å². The zero-order valence-electron chi connectivity index (χ0n) is 15.4. The number of benzene rings is 1. The normalized spacial score (nSPS) is 15.3. The van der Waals surface area contributed by atoms with Crippen molar-refractivity contribution in [2.75, 3.05) is 5.32 Å². The Morgan fingerprint density at radius 2 is 2.03 bits per heavy atom. The van der Waals surface area contributed by atoms with Gasteiger partial charge in [-0.3, -0.25) is 9.98 Å². The molecule has 30 heavy (non-hydrogen) atoms. The SMILES string of the molecule is Oc1cc(C=c2cnn3c(=[NH+]C4CC4)nc(Nc4cc(F)ccc4F)nc23)c(O)[nH]1. The Kier molecular flexibility index (Phi) is 4.09. The third-order valence-electron chi connectivity index (χ3n) is 4.60. The number of hydrogen-bond acceptors (Lipinski definition) is 6. The zero-order valence-corrected chi connectivity index (χ0v) is 15.4. The summed E-state index contributed by atoms with van der Waals surface area (Å²) >= 11 is 0. The molecule has 11 heteroatoms. The van der Waals surface area contributed by atoms with E-state index in [-0.39, 0.29) is 29.4 Å². The van der Waals surface area contributed by atoms with Crippen molar-refractivity contribution in [3.05, 3.63) is 58.5 Å². The predicted molar refractivity (Wildman–Crippen MR) is 100 cm³/mol. The quantitative estimate of drug-likeness (QED) is 0.310. The third kappa shape index (κ3) is 3.41. The van der Waals surface area contributed by atoms with Crippen LogP contribution in [-0.2, 0) is 0 Å². The molecule has 9 nitrogen and oxygen atoms in total. The monoisotopic (exact) mass is 412 g/mol. The van der Waals surface area contributed by atoms with E-state index in [1.54, 1.807) is 6.08 Å². The highest BCUT2D eigenvalue weighted by Crippen LogP contribution is 2.22. The zero-order chi connectivity index (χ0) is 20.8. The standard InChI is InChI=1S/C19H15F2N7O2/c20-11-1-4-13(21)14(7-11)24-18-26-16-10(5-9-6-15(29)25-17(9)30)8-22-28(16)19(27-18)23-12-2-3-12/h1,4-8,12,25,29-30H,2-3H2,(H,23,24,27)/p+1. The highest BCUT2D eigenvalue weighted by molar-refractivity contribution is 5.62. The van der Waals surface area contributed by atoms with E-state index < -0.39 is 11.6 Å². The fraction of sp³-hybridized carbons (Fsp3) is 0.158. The molecule has 152 valence electrons.